The van der Waals surface area contributed by atoms with Gasteiger partial charge >= 0.3 is 0 Å². The van der Waals surface area contributed by atoms with Crippen LogP contribution in [-0.2, 0) is 0 Å². The summed E-state index contributed by atoms with van der Waals surface area (Å²) in [5.41, 5.74) is 3.69. The van der Waals surface area contributed by atoms with E-state index in [4.69, 9.17) is 0 Å². The van der Waals surface area contributed by atoms with E-state index in [2.05, 4.69) is 43.0 Å². The molecule has 1 aromatic heterocycles. The molecule has 1 aliphatic carbocycles. The third-order valence-corrected chi connectivity index (χ3v) is 4.25. The fourth-order valence-electron chi connectivity index (χ4n) is 2.10. The van der Waals surface area contributed by atoms with Crippen molar-refractivity contribution >= 4 is 11.3 Å². The molecule has 0 saturated heterocycles. The van der Waals surface area contributed by atoms with Crippen LogP contribution in [0.1, 0.15) is 36.4 Å². The van der Waals surface area contributed by atoms with Gasteiger partial charge in [-0.05, 0) is 25.8 Å². The highest BCUT2D eigenvalue weighted by atomic mass is 32.1. The molecule has 0 aromatic carbocycles. The van der Waals surface area contributed by atoms with Crippen LogP contribution in [0.25, 0.3) is 0 Å². The van der Waals surface area contributed by atoms with E-state index in [0.29, 0.717) is 6.04 Å². The Bertz CT molecular complexity index is 351. The van der Waals surface area contributed by atoms with Gasteiger partial charge in [-0.15, -0.1) is 0 Å². The number of thiazole rings is 1. The molecule has 76 valence electrons. The highest BCUT2D eigenvalue weighted by molar-refractivity contribution is 7.09. The Hall–Kier alpha value is -0.630. The number of aromatic nitrogens is 1. The maximum Gasteiger partial charge on any atom is 0.225 e. The number of hydrogen-bond acceptors (Lipinski definition) is 1. The maximum absolute atomic E-state index is 2.43. The third kappa shape index (κ3) is 1.63. The average Bonchev–Trinajstić information content (AvgIpc) is 2.49. The number of hydrogen-bond donors (Lipinski definition) is 0. The van der Waals surface area contributed by atoms with Crippen LogP contribution in [0, 0.1) is 19.8 Å². The molecular weight excluding hydrogens is 190 g/mol. The highest BCUT2D eigenvalue weighted by Crippen LogP contribution is 2.25. The van der Waals surface area contributed by atoms with Gasteiger partial charge in [0.2, 0.25) is 5.51 Å². The number of aryl methyl sites for hydroxylation is 1. The molecule has 1 aliphatic rings. The van der Waals surface area contributed by atoms with Gasteiger partial charge in [0.15, 0.2) is 11.7 Å². The van der Waals surface area contributed by atoms with Crippen molar-refractivity contribution in [1.82, 2.24) is 0 Å². The van der Waals surface area contributed by atoms with Gasteiger partial charge in [-0.1, -0.05) is 24.3 Å². The Kier molecular flexibility index (Phi) is 2.73. The molecule has 0 fully saturated rings. The molecule has 0 amide bonds. The summed E-state index contributed by atoms with van der Waals surface area (Å²) >= 11 is 1.86. The average molecular weight is 208 g/mol. The lowest BCUT2D eigenvalue weighted by atomic mass is 9.91. The van der Waals surface area contributed by atoms with Crippen molar-refractivity contribution in [3.05, 3.63) is 28.2 Å². The van der Waals surface area contributed by atoms with Gasteiger partial charge in [-0.2, -0.15) is 4.57 Å². The largest absolute Gasteiger partial charge is 0.225 e. The topological polar surface area (TPSA) is 3.88 Å². The van der Waals surface area contributed by atoms with Gasteiger partial charge in [-0.3, -0.25) is 0 Å². The van der Waals surface area contributed by atoms with E-state index in [1.54, 1.807) is 0 Å². The first kappa shape index (κ1) is 9.91. The van der Waals surface area contributed by atoms with Crippen LogP contribution < -0.4 is 4.57 Å². The maximum atomic E-state index is 2.43. The monoisotopic (exact) mass is 208 g/mol. The lowest BCUT2D eigenvalue weighted by Crippen LogP contribution is -2.43. The minimum atomic E-state index is 0.591. The Balaban J connectivity index is 2.34. The minimum Gasteiger partial charge on any atom is -0.186 e. The molecule has 0 bridgehead atoms. The number of nitrogens with zero attached hydrogens (tertiary/aromatic N) is 1. The van der Waals surface area contributed by atoms with Gasteiger partial charge in [0.05, 0.1) is 4.88 Å². The molecule has 0 N–H and O–H groups in total. The van der Waals surface area contributed by atoms with Crippen molar-refractivity contribution in [2.45, 2.75) is 39.7 Å². The predicted octanol–water partition coefficient (Wildman–Crippen LogP) is 3.18. The van der Waals surface area contributed by atoms with E-state index in [9.17, 15) is 0 Å². The van der Waals surface area contributed by atoms with Crippen LogP contribution in [0.2, 0.25) is 0 Å². The van der Waals surface area contributed by atoms with Crippen molar-refractivity contribution in [3.63, 3.8) is 0 Å². The van der Waals surface area contributed by atoms with Gasteiger partial charge in [0.1, 0.15) is 0 Å². The van der Waals surface area contributed by atoms with Crippen LogP contribution in [0.3, 0.4) is 0 Å². The normalized spacial score (nSPS) is 26.8. The fourth-order valence-corrected chi connectivity index (χ4v) is 2.94. The molecule has 0 spiro atoms. The number of allylic oxidation sites excluding steroid dienone is 2. The van der Waals surface area contributed by atoms with Crippen LogP contribution in [0.4, 0.5) is 0 Å². The second-order valence-electron chi connectivity index (χ2n) is 4.25. The molecule has 1 aromatic rings. The molecule has 2 heteroatoms. The summed E-state index contributed by atoms with van der Waals surface area (Å²) in [7, 11) is 0. The number of rotatable bonds is 1. The van der Waals surface area contributed by atoms with E-state index < -0.39 is 0 Å². The summed E-state index contributed by atoms with van der Waals surface area (Å²) in [6.45, 7) is 6.78. The third-order valence-electron chi connectivity index (χ3n) is 3.27. The summed E-state index contributed by atoms with van der Waals surface area (Å²) in [5, 5.41) is 0. The summed E-state index contributed by atoms with van der Waals surface area (Å²) in [5.74, 6) is 0.776. The SMILES string of the molecule is Cc1sc[n+]([C@H]2C=CCC[C@H]2C)c1C. The Morgan fingerprint density at radius 2 is 2.21 bits per heavy atom. The van der Waals surface area contributed by atoms with Crippen molar-refractivity contribution in [3.8, 4) is 0 Å². The zero-order valence-corrected chi connectivity index (χ0v) is 9.97. The molecule has 1 nitrogen and oxygen atoms in total. The smallest absolute Gasteiger partial charge is 0.186 e. The predicted molar refractivity (Wildman–Crippen MR) is 60.6 cm³/mol. The molecule has 0 unspecified atom stereocenters. The van der Waals surface area contributed by atoms with Crippen LogP contribution in [-0.4, -0.2) is 0 Å². The molecular formula is C12H18NS+. The highest BCUT2D eigenvalue weighted by Gasteiger charge is 2.28. The zero-order chi connectivity index (χ0) is 10.1. The van der Waals surface area contributed by atoms with Gasteiger partial charge in [0, 0.05) is 12.8 Å². The molecule has 2 rings (SSSR count). The molecule has 14 heavy (non-hydrogen) atoms. The Morgan fingerprint density at radius 3 is 2.79 bits per heavy atom. The molecule has 1 heterocycles. The second-order valence-corrected chi connectivity index (χ2v) is 5.30. The molecule has 2 atom stereocenters. The van der Waals surface area contributed by atoms with Crippen molar-refractivity contribution in [1.29, 1.82) is 0 Å². The quantitative estimate of drug-likeness (QED) is 0.493. The van der Waals surface area contributed by atoms with Crippen LogP contribution >= 0.6 is 11.3 Å². The lowest BCUT2D eigenvalue weighted by Gasteiger charge is -2.19. The fraction of sp³-hybridized carbons (Fsp3) is 0.583. The summed E-state index contributed by atoms with van der Waals surface area (Å²) in [6.07, 6.45) is 7.26. The Labute approximate surface area is 90.1 Å². The summed E-state index contributed by atoms with van der Waals surface area (Å²) < 4.78 is 2.43. The first-order valence-electron chi connectivity index (χ1n) is 5.32. The van der Waals surface area contributed by atoms with E-state index in [0.717, 1.165) is 5.92 Å². The lowest BCUT2D eigenvalue weighted by molar-refractivity contribution is -0.720. The van der Waals surface area contributed by atoms with E-state index in [1.165, 1.54) is 23.4 Å². The zero-order valence-electron chi connectivity index (χ0n) is 9.16. The van der Waals surface area contributed by atoms with Gasteiger partial charge in [-0.25, -0.2) is 0 Å². The van der Waals surface area contributed by atoms with E-state index in [-0.39, 0.29) is 0 Å². The first-order valence-corrected chi connectivity index (χ1v) is 6.20. The second kappa shape index (κ2) is 3.85. The summed E-state index contributed by atoms with van der Waals surface area (Å²) in [6, 6.07) is 0.591. The Morgan fingerprint density at radius 1 is 1.43 bits per heavy atom. The minimum absolute atomic E-state index is 0.591. The van der Waals surface area contributed by atoms with Crippen molar-refractivity contribution in [2.75, 3.05) is 0 Å². The van der Waals surface area contributed by atoms with Crippen LogP contribution in [0.5, 0.6) is 0 Å². The standard InChI is InChI=1S/C12H18NS/c1-9-6-4-5-7-12(9)13-8-14-11(3)10(13)2/h5,7-9,12H,4,6H2,1-3H3/q+1/t9-,12+/m1/s1. The van der Waals surface area contributed by atoms with Gasteiger partial charge in [0.25, 0.3) is 0 Å². The van der Waals surface area contributed by atoms with Gasteiger partial charge < -0.3 is 0 Å². The van der Waals surface area contributed by atoms with E-state index in [1.807, 2.05) is 11.3 Å². The molecule has 0 aliphatic heterocycles. The van der Waals surface area contributed by atoms with Crippen molar-refractivity contribution in [2.24, 2.45) is 5.92 Å². The van der Waals surface area contributed by atoms with E-state index >= 15 is 0 Å². The van der Waals surface area contributed by atoms with Crippen molar-refractivity contribution < 1.29 is 4.57 Å². The molecule has 0 radical (unpaired) electrons. The van der Waals surface area contributed by atoms with Crippen LogP contribution in [0.15, 0.2) is 17.7 Å². The summed E-state index contributed by atoms with van der Waals surface area (Å²) in [4.78, 5) is 1.44. The first-order chi connectivity index (χ1) is 6.70. The molecule has 0 saturated carbocycles.